The zero-order valence-corrected chi connectivity index (χ0v) is 14.3. The Morgan fingerprint density at radius 2 is 1.86 bits per heavy atom. The second kappa shape index (κ2) is 7.23. The van der Waals surface area contributed by atoms with Crippen LogP contribution in [0, 0.1) is 6.92 Å². The van der Waals surface area contributed by atoms with Crippen LogP contribution in [0.2, 0.25) is 0 Å². The van der Waals surface area contributed by atoms with Crippen molar-refractivity contribution in [1.82, 2.24) is 5.32 Å². The van der Waals surface area contributed by atoms with Crippen LogP contribution in [0.15, 0.2) is 24.3 Å². The van der Waals surface area contributed by atoms with Crippen LogP contribution in [-0.2, 0) is 0 Å². The van der Waals surface area contributed by atoms with Crippen molar-refractivity contribution in [2.24, 2.45) is 0 Å². The number of hydrogen-bond donors (Lipinski definition) is 3. The molecule has 1 fully saturated rings. The quantitative estimate of drug-likeness (QED) is 0.744. The van der Waals surface area contributed by atoms with Crippen LogP contribution in [0.5, 0.6) is 0 Å². The summed E-state index contributed by atoms with van der Waals surface area (Å²) in [5.74, 6) is 0. The van der Waals surface area contributed by atoms with E-state index in [-0.39, 0.29) is 0 Å². The molecule has 1 aromatic rings. The third-order valence-corrected chi connectivity index (χ3v) is 5.10. The van der Waals surface area contributed by atoms with E-state index in [0.29, 0.717) is 5.54 Å². The van der Waals surface area contributed by atoms with Gasteiger partial charge < -0.3 is 15.5 Å². The van der Waals surface area contributed by atoms with Gasteiger partial charge in [0.2, 0.25) is 0 Å². The molecule has 3 N–H and O–H groups in total. The van der Waals surface area contributed by atoms with Crippen molar-refractivity contribution in [1.29, 1.82) is 0 Å². The van der Waals surface area contributed by atoms with Crippen LogP contribution < -0.4 is 15.5 Å². The van der Waals surface area contributed by atoms with E-state index in [1.807, 2.05) is 12.1 Å². The van der Waals surface area contributed by atoms with Crippen LogP contribution in [0.3, 0.4) is 0 Å². The number of hydrogen-bond acceptors (Lipinski definition) is 1. The van der Waals surface area contributed by atoms with Gasteiger partial charge in [-0.3, -0.25) is 0 Å². The highest BCUT2D eigenvalue weighted by atomic mass is 32.1. The third-order valence-electron chi connectivity index (χ3n) is 4.85. The summed E-state index contributed by atoms with van der Waals surface area (Å²) in [6, 6.07) is 8.24. The normalized spacial score (nSPS) is 17.5. The lowest BCUT2D eigenvalue weighted by atomic mass is 9.80. The number of likely N-dealkylation sites (N-methyl/N-ethyl adjacent to an activating group) is 1. The van der Waals surface area contributed by atoms with Gasteiger partial charge in [0.05, 0.1) is 20.6 Å². The van der Waals surface area contributed by atoms with E-state index >= 15 is 0 Å². The fraction of sp³-hybridized carbons (Fsp3) is 0.588. The number of benzene rings is 1. The van der Waals surface area contributed by atoms with Crippen LogP contribution >= 0.6 is 12.2 Å². The molecule has 2 rings (SSSR count). The molecule has 4 heteroatoms. The molecule has 0 unspecified atom stereocenters. The molecule has 0 saturated heterocycles. The third kappa shape index (κ3) is 4.17. The van der Waals surface area contributed by atoms with E-state index in [4.69, 9.17) is 12.2 Å². The molecule has 0 bridgehead atoms. The molecule has 116 valence electrons. The Labute approximate surface area is 134 Å². The number of nitrogens with one attached hydrogen (secondary N) is 3. The molecule has 0 spiro atoms. The van der Waals surface area contributed by atoms with E-state index < -0.39 is 0 Å². The minimum Gasteiger partial charge on any atom is -0.356 e. The molecule has 0 radical (unpaired) electrons. The average Bonchev–Trinajstić information content (AvgIpc) is 2.48. The highest BCUT2D eigenvalue weighted by Gasteiger charge is 2.37. The molecule has 0 aromatic heterocycles. The summed E-state index contributed by atoms with van der Waals surface area (Å²) in [6.07, 6.45) is 6.63. The predicted octanol–water partition coefficient (Wildman–Crippen LogP) is 2.13. The SMILES string of the molecule is Cc1ccccc1NC(=S)NCC1([NH+](C)C)CCCCC1. The number of para-hydroxylation sites is 1. The number of quaternary nitrogens is 1. The monoisotopic (exact) mass is 306 g/mol. The fourth-order valence-corrected chi connectivity index (χ4v) is 3.39. The fourth-order valence-electron chi connectivity index (χ4n) is 3.21. The summed E-state index contributed by atoms with van der Waals surface area (Å²) in [7, 11) is 4.54. The molecular formula is C17H28N3S+. The van der Waals surface area contributed by atoms with Gasteiger partial charge in [0.1, 0.15) is 5.54 Å². The smallest absolute Gasteiger partial charge is 0.171 e. The van der Waals surface area contributed by atoms with E-state index in [1.165, 1.54) is 42.6 Å². The van der Waals surface area contributed by atoms with E-state index in [2.05, 4.69) is 43.8 Å². The summed E-state index contributed by atoms with van der Waals surface area (Å²) < 4.78 is 0. The molecule has 1 aliphatic carbocycles. The number of aryl methyl sites for hydroxylation is 1. The van der Waals surface area contributed by atoms with Crippen LogP contribution in [0.4, 0.5) is 5.69 Å². The van der Waals surface area contributed by atoms with Crippen molar-refractivity contribution >= 4 is 23.0 Å². The first-order valence-electron chi connectivity index (χ1n) is 7.95. The minimum atomic E-state index is 0.329. The van der Waals surface area contributed by atoms with Crippen molar-refractivity contribution in [2.75, 3.05) is 26.0 Å². The van der Waals surface area contributed by atoms with Crippen molar-refractivity contribution in [3.63, 3.8) is 0 Å². The first-order chi connectivity index (χ1) is 10.0. The van der Waals surface area contributed by atoms with Crippen molar-refractivity contribution in [2.45, 2.75) is 44.6 Å². The highest BCUT2D eigenvalue weighted by molar-refractivity contribution is 7.80. The van der Waals surface area contributed by atoms with E-state index in [9.17, 15) is 0 Å². The molecule has 1 aromatic carbocycles. The minimum absolute atomic E-state index is 0.329. The van der Waals surface area contributed by atoms with Crippen molar-refractivity contribution in [3.05, 3.63) is 29.8 Å². The first kappa shape index (κ1) is 16.2. The van der Waals surface area contributed by atoms with Gasteiger partial charge in [-0.05, 0) is 43.6 Å². The molecule has 21 heavy (non-hydrogen) atoms. The summed E-state index contributed by atoms with van der Waals surface area (Å²) in [4.78, 5) is 1.54. The maximum atomic E-state index is 5.47. The predicted molar refractivity (Wildman–Crippen MR) is 94.0 cm³/mol. The summed E-state index contributed by atoms with van der Waals surface area (Å²) >= 11 is 5.47. The molecule has 0 amide bonds. The summed E-state index contributed by atoms with van der Waals surface area (Å²) in [5, 5.41) is 7.50. The van der Waals surface area contributed by atoms with Gasteiger partial charge in [-0.15, -0.1) is 0 Å². The Morgan fingerprint density at radius 1 is 1.19 bits per heavy atom. The molecule has 0 atom stereocenters. The highest BCUT2D eigenvalue weighted by Crippen LogP contribution is 2.25. The van der Waals surface area contributed by atoms with Crippen LogP contribution in [0.25, 0.3) is 0 Å². The molecule has 1 aliphatic rings. The number of thiocarbonyl (C=S) groups is 1. The second-order valence-electron chi connectivity index (χ2n) is 6.46. The molecular weight excluding hydrogens is 278 g/mol. The Hall–Kier alpha value is -1.13. The van der Waals surface area contributed by atoms with Crippen molar-refractivity contribution in [3.8, 4) is 0 Å². The maximum Gasteiger partial charge on any atom is 0.171 e. The lowest BCUT2D eigenvalue weighted by Gasteiger charge is -2.40. The largest absolute Gasteiger partial charge is 0.356 e. The summed E-state index contributed by atoms with van der Waals surface area (Å²) in [6.45, 7) is 3.05. The number of rotatable bonds is 4. The maximum absolute atomic E-state index is 5.47. The van der Waals surface area contributed by atoms with E-state index in [0.717, 1.165) is 17.3 Å². The second-order valence-corrected chi connectivity index (χ2v) is 6.87. The standard InChI is InChI=1S/C17H27N3S/c1-14-9-5-6-10-15(14)19-16(21)18-13-17(20(2)3)11-7-4-8-12-17/h5-6,9-10H,4,7-8,11-13H2,1-3H3,(H2,18,19,21)/p+1. The van der Waals surface area contributed by atoms with Gasteiger partial charge in [-0.25, -0.2) is 0 Å². The van der Waals surface area contributed by atoms with Gasteiger partial charge in [0.15, 0.2) is 5.11 Å². The lowest BCUT2D eigenvalue weighted by Crippen LogP contribution is -3.16. The van der Waals surface area contributed by atoms with Crippen LogP contribution in [-0.4, -0.2) is 31.3 Å². The molecule has 1 saturated carbocycles. The van der Waals surface area contributed by atoms with Gasteiger partial charge >= 0.3 is 0 Å². The van der Waals surface area contributed by atoms with E-state index in [1.54, 1.807) is 0 Å². The average molecular weight is 306 g/mol. The van der Waals surface area contributed by atoms with Gasteiger partial charge in [-0.1, -0.05) is 24.6 Å². The van der Waals surface area contributed by atoms with Crippen LogP contribution in [0.1, 0.15) is 37.7 Å². The molecule has 3 nitrogen and oxygen atoms in total. The first-order valence-corrected chi connectivity index (χ1v) is 8.35. The Balaban J connectivity index is 1.92. The van der Waals surface area contributed by atoms with Gasteiger partial charge in [0, 0.05) is 18.5 Å². The Morgan fingerprint density at radius 3 is 2.48 bits per heavy atom. The zero-order chi connectivity index (χ0) is 15.3. The Bertz CT molecular complexity index is 479. The topological polar surface area (TPSA) is 28.5 Å². The zero-order valence-electron chi connectivity index (χ0n) is 13.5. The Kier molecular flexibility index (Phi) is 5.59. The molecule has 0 heterocycles. The summed E-state index contributed by atoms with van der Waals surface area (Å²) in [5.41, 5.74) is 2.63. The lowest BCUT2D eigenvalue weighted by molar-refractivity contribution is -0.916. The molecule has 0 aliphatic heterocycles. The number of anilines is 1. The van der Waals surface area contributed by atoms with Crippen molar-refractivity contribution < 1.29 is 4.90 Å². The van der Waals surface area contributed by atoms with Gasteiger partial charge in [-0.2, -0.15) is 0 Å². The van der Waals surface area contributed by atoms with Gasteiger partial charge in [0.25, 0.3) is 0 Å².